The SMILES string of the molecule is COC1CC(c2ncc(-c3cccnc3)[nH]2)N(C(=O)Cc2ccc(Cl)cc2Cl)C1. The molecule has 0 radical (unpaired) electrons. The maximum atomic E-state index is 13.1. The van der Waals surface area contributed by atoms with Crippen LogP contribution in [0, 0.1) is 0 Å². The van der Waals surface area contributed by atoms with Crippen LogP contribution in [0.15, 0.2) is 48.9 Å². The predicted octanol–water partition coefficient (Wildman–Crippen LogP) is 4.31. The number of imidazole rings is 1. The van der Waals surface area contributed by atoms with Gasteiger partial charge < -0.3 is 14.6 Å². The average molecular weight is 431 g/mol. The van der Waals surface area contributed by atoms with Crippen molar-refractivity contribution in [2.75, 3.05) is 13.7 Å². The van der Waals surface area contributed by atoms with E-state index in [9.17, 15) is 4.79 Å². The van der Waals surface area contributed by atoms with Crippen LogP contribution in [0.3, 0.4) is 0 Å². The number of ether oxygens (including phenoxy) is 1. The smallest absolute Gasteiger partial charge is 0.227 e. The van der Waals surface area contributed by atoms with Gasteiger partial charge >= 0.3 is 0 Å². The molecule has 3 aromatic rings. The third-order valence-corrected chi connectivity index (χ3v) is 5.74. The fourth-order valence-electron chi connectivity index (χ4n) is 3.61. The van der Waals surface area contributed by atoms with Crippen LogP contribution in [0.4, 0.5) is 0 Å². The van der Waals surface area contributed by atoms with Gasteiger partial charge in [0.2, 0.25) is 5.91 Å². The summed E-state index contributed by atoms with van der Waals surface area (Å²) in [4.78, 5) is 26.9. The van der Waals surface area contributed by atoms with Crippen molar-refractivity contribution in [1.82, 2.24) is 19.9 Å². The highest BCUT2D eigenvalue weighted by Crippen LogP contribution is 2.34. The molecule has 2 unspecified atom stereocenters. The van der Waals surface area contributed by atoms with Crippen molar-refractivity contribution in [3.63, 3.8) is 0 Å². The first-order valence-electron chi connectivity index (χ1n) is 9.26. The Morgan fingerprint density at radius 2 is 2.17 bits per heavy atom. The summed E-state index contributed by atoms with van der Waals surface area (Å²) in [6.07, 6.45) is 6.09. The number of aromatic amines is 1. The summed E-state index contributed by atoms with van der Waals surface area (Å²) in [5.74, 6) is 0.706. The molecule has 2 atom stereocenters. The lowest BCUT2D eigenvalue weighted by Crippen LogP contribution is -2.33. The minimum Gasteiger partial charge on any atom is -0.380 e. The minimum atomic E-state index is -0.191. The van der Waals surface area contributed by atoms with Gasteiger partial charge in [0.05, 0.1) is 30.5 Å². The fourth-order valence-corrected chi connectivity index (χ4v) is 4.08. The molecule has 0 aliphatic carbocycles. The Kier molecular flexibility index (Phi) is 5.85. The number of carbonyl (C=O) groups is 1. The quantitative estimate of drug-likeness (QED) is 0.654. The number of H-pyrrole nitrogens is 1. The van der Waals surface area contributed by atoms with Gasteiger partial charge in [-0.3, -0.25) is 9.78 Å². The van der Waals surface area contributed by atoms with Crippen LogP contribution in [0.25, 0.3) is 11.3 Å². The summed E-state index contributed by atoms with van der Waals surface area (Å²) in [6, 6.07) is 8.82. The molecule has 1 aliphatic rings. The Morgan fingerprint density at radius 1 is 1.31 bits per heavy atom. The number of carbonyl (C=O) groups excluding carboxylic acids is 1. The summed E-state index contributed by atoms with van der Waals surface area (Å²) >= 11 is 12.2. The largest absolute Gasteiger partial charge is 0.380 e. The zero-order valence-electron chi connectivity index (χ0n) is 15.8. The van der Waals surface area contributed by atoms with E-state index in [1.807, 2.05) is 17.0 Å². The maximum absolute atomic E-state index is 13.1. The van der Waals surface area contributed by atoms with Gasteiger partial charge in [-0.1, -0.05) is 29.3 Å². The summed E-state index contributed by atoms with van der Waals surface area (Å²) in [7, 11) is 1.66. The molecule has 1 N–H and O–H groups in total. The van der Waals surface area contributed by atoms with Crippen molar-refractivity contribution in [2.24, 2.45) is 0 Å². The van der Waals surface area contributed by atoms with E-state index in [-0.39, 0.29) is 24.5 Å². The monoisotopic (exact) mass is 430 g/mol. The van der Waals surface area contributed by atoms with Crippen molar-refractivity contribution in [1.29, 1.82) is 0 Å². The Balaban J connectivity index is 1.57. The summed E-state index contributed by atoms with van der Waals surface area (Å²) in [5.41, 5.74) is 2.55. The lowest BCUT2D eigenvalue weighted by atomic mass is 10.1. The van der Waals surface area contributed by atoms with Gasteiger partial charge in [0.1, 0.15) is 5.82 Å². The standard InChI is InChI=1S/C21H20Cl2N4O2/c1-29-16-9-19(21-25-11-18(26-21)14-3-2-6-24-10-14)27(12-16)20(28)7-13-4-5-15(22)8-17(13)23/h2-6,8,10-11,16,19H,7,9,12H2,1H3,(H,25,26). The third kappa shape index (κ3) is 4.29. The van der Waals surface area contributed by atoms with Crippen LogP contribution in [0.2, 0.25) is 10.0 Å². The molecular formula is C21H20Cl2N4O2. The van der Waals surface area contributed by atoms with E-state index in [1.165, 1.54) is 0 Å². The first-order chi connectivity index (χ1) is 14.0. The second-order valence-corrected chi connectivity index (χ2v) is 7.84. The third-order valence-electron chi connectivity index (χ3n) is 5.16. The first kappa shape index (κ1) is 19.9. The number of benzene rings is 1. The molecule has 1 aromatic carbocycles. The average Bonchev–Trinajstić information content (AvgIpc) is 3.37. The second kappa shape index (κ2) is 8.53. The van der Waals surface area contributed by atoms with Gasteiger partial charge in [-0.25, -0.2) is 4.98 Å². The van der Waals surface area contributed by atoms with Gasteiger partial charge in [-0.15, -0.1) is 0 Å². The number of likely N-dealkylation sites (tertiary alicyclic amines) is 1. The van der Waals surface area contributed by atoms with Crippen LogP contribution < -0.4 is 0 Å². The lowest BCUT2D eigenvalue weighted by Gasteiger charge is -2.23. The summed E-state index contributed by atoms with van der Waals surface area (Å²) in [6.45, 7) is 0.508. The summed E-state index contributed by atoms with van der Waals surface area (Å²) in [5, 5.41) is 1.03. The number of rotatable bonds is 5. The Hall–Kier alpha value is -2.41. The highest BCUT2D eigenvalue weighted by molar-refractivity contribution is 6.35. The second-order valence-electron chi connectivity index (χ2n) is 6.99. The molecule has 1 saturated heterocycles. The number of hydrogen-bond donors (Lipinski definition) is 1. The molecule has 1 fully saturated rings. The van der Waals surface area contributed by atoms with Crippen molar-refractivity contribution < 1.29 is 9.53 Å². The Bertz CT molecular complexity index is 1010. The van der Waals surface area contributed by atoms with E-state index in [2.05, 4.69) is 15.0 Å². The molecule has 1 amide bonds. The Labute approximate surface area is 178 Å². The Morgan fingerprint density at radius 3 is 2.90 bits per heavy atom. The first-order valence-corrected chi connectivity index (χ1v) is 10.0. The molecular weight excluding hydrogens is 411 g/mol. The molecule has 4 rings (SSSR count). The molecule has 8 heteroatoms. The van der Waals surface area contributed by atoms with Crippen LogP contribution in [0.5, 0.6) is 0 Å². The van der Waals surface area contributed by atoms with E-state index < -0.39 is 0 Å². The highest BCUT2D eigenvalue weighted by atomic mass is 35.5. The zero-order valence-corrected chi connectivity index (χ0v) is 17.3. The number of pyridine rings is 1. The van der Waals surface area contributed by atoms with E-state index in [1.54, 1.807) is 43.9 Å². The van der Waals surface area contributed by atoms with Crippen LogP contribution in [0.1, 0.15) is 23.9 Å². The molecule has 1 aliphatic heterocycles. The number of methoxy groups -OCH3 is 1. The van der Waals surface area contributed by atoms with E-state index in [0.717, 1.165) is 22.6 Å². The normalized spacial score (nSPS) is 18.9. The molecule has 0 spiro atoms. The topological polar surface area (TPSA) is 71.1 Å². The van der Waals surface area contributed by atoms with E-state index in [4.69, 9.17) is 27.9 Å². The fraction of sp³-hybridized carbons (Fsp3) is 0.286. The van der Waals surface area contributed by atoms with Gasteiger partial charge in [0.15, 0.2) is 0 Å². The maximum Gasteiger partial charge on any atom is 0.227 e. The molecule has 0 bridgehead atoms. The van der Waals surface area contributed by atoms with Crippen LogP contribution >= 0.6 is 23.2 Å². The van der Waals surface area contributed by atoms with Crippen molar-refractivity contribution in [3.8, 4) is 11.3 Å². The van der Waals surface area contributed by atoms with Crippen molar-refractivity contribution >= 4 is 29.1 Å². The van der Waals surface area contributed by atoms with Crippen LogP contribution in [-0.4, -0.2) is 45.5 Å². The lowest BCUT2D eigenvalue weighted by molar-refractivity contribution is -0.131. The number of hydrogen-bond acceptors (Lipinski definition) is 4. The van der Waals surface area contributed by atoms with Crippen LogP contribution in [-0.2, 0) is 16.0 Å². The van der Waals surface area contributed by atoms with Gasteiger partial charge in [0.25, 0.3) is 0 Å². The number of nitrogens with one attached hydrogen (secondary N) is 1. The molecule has 2 aromatic heterocycles. The number of aromatic nitrogens is 3. The molecule has 150 valence electrons. The minimum absolute atomic E-state index is 0.0295. The number of nitrogens with zero attached hydrogens (tertiary/aromatic N) is 3. The van der Waals surface area contributed by atoms with Gasteiger partial charge in [-0.2, -0.15) is 0 Å². The number of amides is 1. The predicted molar refractivity (Wildman–Crippen MR) is 112 cm³/mol. The number of halogens is 2. The van der Waals surface area contributed by atoms with E-state index in [0.29, 0.717) is 23.0 Å². The molecule has 6 nitrogen and oxygen atoms in total. The van der Waals surface area contributed by atoms with Crippen molar-refractivity contribution in [2.45, 2.75) is 25.0 Å². The molecule has 29 heavy (non-hydrogen) atoms. The molecule has 0 saturated carbocycles. The van der Waals surface area contributed by atoms with Gasteiger partial charge in [-0.05, 0) is 29.8 Å². The summed E-state index contributed by atoms with van der Waals surface area (Å²) < 4.78 is 5.54. The zero-order chi connectivity index (χ0) is 20.4. The molecule has 3 heterocycles. The van der Waals surface area contributed by atoms with Crippen molar-refractivity contribution in [3.05, 3.63) is 70.4 Å². The highest BCUT2D eigenvalue weighted by Gasteiger charge is 2.38. The van der Waals surface area contributed by atoms with E-state index >= 15 is 0 Å². The van der Waals surface area contributed by atoms with Gasteiger partial charge in [0, 0.05) is 48.1 Å².